The molecule has 0 aromatic carbocycles. The summed E-state index contributed by atoms with van der Waals surface area (Å²) in [5, 5.41) is 2.68. The number of carbonyl (C=O) groups excluding carboxylic acids is 2. The summed E-state index contributed by atoms with van der Waals surface area (Å²) in [4.78, 5) is 21.4. The quantitative estimate of drug-likeness (QED) is 0.696. The van der Waals surface area contributed by atoms with Gasteiger partial charge in [0.05, 0.1) is 24.9 Å². The van der Waals surface area contributed by atoms with E-state index in [0.29, 0.717) is 19.4 Å². The first-order chi connectivity index (χ1) is 7.72. The van der Waals surface area contributed by atoms with Gasteiger partial charge in [-0.1, -0.05) is 0 Å². The minimum Gasteiger partial charge on any atom is -0.453 e. The van der Waals surface area contributed by atoms with E-state index in [1.165, 1.54) is 7.11 Å². The smallest absolute Gasteiger partial charge is 0.407 e. The number of aldehydes is 1. The van der Waals surface area contributed by atoms with Crippen molar-refractivity contribution in [2.75, 3.05) is 13.7 Å². The molecule has 0 spiro atoms. The average molecular weight is 245 g/mol. The summed E-state index contributed by atoms with van der Waals surface area (Å²) in [5.41, 5.74) is -0.887. The van der Waals surface area contributed by atoms with Gasteiger partial charge in [0.25, 0.3) is 0 Å². The maximum absolute atomic E-state index is 11.1. The Bertz CT molecular complexity index is 261. The Balaban J connectivity index is 4.15. The SMILES string of the molecule is COC(=O)NC(C)(C)COC(C)(C)CCC=O. The Kier molecular flexibility index (Phi) is 6.16. The third-order valence-corrected chi connectivity index (χ3v) is 2.31. The molecule has 0 fully saturated rings. The van der Waals surface area contributed by atoms with Gasteiger partial charge in [0.2, 0.25) is 0 Å². The zero-order valence-electron chi connectivity index (χ0n) is 11.3. The van der Waals surface area contributed by atoms with Crippen LogP contribution in [-0.2, 0) is 14.3 Å². The Hall–Kier alpha value is -1.10. The van der Waals surface area contributed by atoms with Crippen molar-refractivity contribution in [3.05, 3.63) is 0 Å². The molecule has 0 rings (SSSR count). The number of nitrogens with one attached hydrogen (secondary N) is 1. The monoisotopic (exact) mass is 245 g/mol. The van der Waals surface area contributed by atoms with Crippen LogP contribution in [0.5, 0.6) is 0 Å². The highest BCUT2D eigenvalue weighted by Gasteiger charge is 2.26. The third kappa shape index (κ3) is 7.74. The highest BCUT2D eigenvalue weighted by molar-refractivity contribution is 5.67. The second-order valence-corrected chi connectivity index (χ2v) is 5.25. The molecule has 0 bridgehead atoms. The van der Waals surface area contributed by atoms with Crippen LogP contribution in [0.25, 0.3) is 0 Å². The van der Waals surface area contributed by atoms with E-state index < -0.39 is 11.6 Å². The molecule has 17 heavy (non-hydrogen) atoms. The predicted octanol–water partition coefficient (Wildman–Crippen LogP) is 1.90. The molecule has 0 aromatic heterocycles. The number of rotatable bonds is 7. The molecule has 0 aliphatic heterocycles. The van der Waals surface area contributed by atoms with Crippen molar-refractivity contribution < 1.29 is 19.1 Å². The standard InChI is InChI=1S/C12H23NO4/c1-11(2,13-10(15)16-5)9-17-12(3,4)7-6-8-14/h8H,6-7,9H2,1-5H3,(H,13,15). The second-order valence-electron chi connectivity index (χ2n) is 5.25. The number of amides is 1. The van der Waals surface area contributed by atoms with Gasteiger partial charge in [-0.3, -0.25) is 0 Å². The zero-order chi connectivity index (χ0) is 13.5. The molecule has 5 nitrogen and oxygen atoms in total. The lowest BCUT2D eigenvalue weighted by Crippen LogP contribution is -2.48. The minimum atomic E-state index is -0.508. The van der Waals surface area contributed by atoms with E-state index in [9.17, 15) is 9.59 Å². The number of carbonyl (C=O) groups is 2. The van der Waals surface area contributed by atoms with Crippen molar-refractivity contribution in [2.45, 2.75) is 51.7 Å². The van der Waals surface area contributed by atoms with Crippen LogP contribution >= 0.6 is 0 Å². The molecule has 1 N–H and O–H groups in total. The number of alkyl carbamates (subject to hydrolysis) is 1. The fourth-order valence-corrected chi connectivity index (χ4v) is 1.22. The van der Waals surface area contributed by atoms with Gasteiger partial charge in [-0.15, -0.1) is 0 Å². The zero-order valence-corrected chi connectivity index (χ0v) is 11.3. The summed E-state index contributed by atoms with van der Waals surface area (Å²) >= 11 is 0. The Labute approximate surface area is 103 Å². The van der Waals surface area contributed by atoms with Crippen molar-refractivity contribution in [1.82, 2.24) is 5.32 Å². The molecule has 0 atom stereocenters. The molecule has 5 heteroatoms. The predicted molar refractivity (Wildman–Crippen MR) is 64.9 cm³/mol. The highest BCUT2D eigenvalue weighted by Crippen LogP contribution is 2.18. The number of hydrogen-bond donors (Lipinski definition) is 1. The number of hydrogen-bond acceptors (Lipinski definition) is 4. The van der Waals surface area contributed by atoms with Crippen molar-refractivity contribution in [3.8, 4) is 0 Å². The number of methoxy groups -OCH3 is 1. The molecule has 0 aliphatic rings. The molecule has 0 saturated carbocycles. The van der Waals surface area contributed by atoms with Crippen LogP contribution in [0.3, 0.4) is 0 Å². The lowest BCUT2D eigenvalue weighted by molar-refractivity contribution is -0.110. The van der Waals surface area contributed by atoms with Gasteiger partial charge in [0.1, 0.15) is 6.29 Å². The first-order valence-corrected chi connectivity index (χ1v) is 5.66. The molecule has 0 heterocycles. The molecule has 100 valence electrons. The van der Waals surface area contributed by atoms with Gasteiger partial charge in [-0.05, 0) is 34.1 Å². The Morgan fingerprint density at radius 1 is 1.29 bits per heavy atom. The van der Waals surface area contributed by atoms with E-state index in [1.807, 2.05) is 27.7 Å². The first kappa shape index (κ1) is 15.9. The van der Waals surface area contributed by atoms with Gasteiger partial charge in [0.15, 0.2) is 0 Å². The van der Waals surface area contributed by atoms with E-state index >= 15 is 0 Å². The lowest BCUT2D eigenvalue weighted by Gasteiger charge is -2.31. The van der Waals surface area contributed by atoms with Gasteiger partial charge in [-0.25, -0.2) is 4.79 Å². The normalized spacial score (nSPS) is 12.1. The fourth-order valence-electron chi connectivity index (χ4n) is 1.22. The van der Waals surface area contributed by atoms with Crippen LogP contribution in [-0.4, -0.2) is 37.2 Å². The Morgan fingerprint density at radius 2 is 1.88 bits per heavy atom. The van der Waals surface area contributed by atoms with E-state index in [1.54, 1.807) is 0 Å². The summed E-state index contributed by atoms with van der Waals surface area (Å²) in [7, 11) is 1.32. The molecule has 1 amide bonds. The van der Waals surface area contributed by atoms with Crippen molar-refractivity contribution in [1.29, 1.82) is 0 Å². The van der Waals surface area contributed by atoms with Crippen molar-refractivity contribution in [3.63, 3.8) is 0 Å². The molecule has 0 unspecified atom stereocenters. The van der Waals surface area contributed by atoms with Crippen LogP contribution < -0.4 is 5.32 Å². The molecule has 0 radical (unpaired) electrons. The molecule has 0 aromatic rings. The van der Waals surface area contributed by atoms with Crippen LogP contribution in [0.4, 0.5) is 4.79 Å². The van der Waals surface area contributed by atoms with Gasteiger partial charge < -0.3 is 19.6 Å². The summed E-state index contributed by atoms with van der Waals surface area (Å²) < 4.78 is 10.2. The minimum absolute atomic E-state index is 0.355. The summed E-state index contributed by atoms with van der Waals surface area (Å²) in [6, 6.07) is 0. The second kappa shape index (κ2) is 6.59. The molecule has 0 saturated heterocycles. The maximum Gasteiger partial charge on any atom is 0.407 e. The van der Waals surface area contributed by atoms with E-state index in [4.69, 9.17) is 4.74 Å². The summed E-state index contributed by atoms with van der Waals surface area (Å²) in [6.45, 7) is 7.89. The van der Waals surface area contributed by atoms with Crippen molar-refractivity contribution >= 4 is 12.4 Å². The van der Waals surface area contributed by atoms with Crippen LogP contribution in [0.1, 0.15) is 40.5 Å². The lowest BCUT2D eigenvalue weighted by atomic mass is 10.0. The number of ether oxygens (including phenoxy) is 2. The first-order valence-electron chi connectivity index (χ1n) is 5.66. The summed E-state index contributed by atoms with van der Waals surface area (Å²) in [6.07, 6.45) is 1.52. The van der Waals surface area contributed by atoms with E-state index in [0.717, 1.165) is 6.29 Å². The maximum atomic E-state index is 11.1. The van der Waals surface area contributed by atoms with Crippen LogP contribution in [0.2, 0.25) is 0 Å². The van der Waals surface area contributed by atoms with E-state index in [-0.39, 0.29) is 5.60 Å². The molecular formula is C12H23NO4. The molecule has 0 aliphatic carbocycles. The highest BCUT2D eigenvalue weighted by atomic mass is 16.5. The topological polar surface area (TPSA) is 64.6 Å². The summed E-state index contributed by atoms with van der Waals surface area (Å²) in [5.74, 6) is 0. The third-order valence-electron chi connectivity index (χ3n) is 2.31. The van der Waals surface area contributed by atoms with Crippen LogP contribution in [0.15, 0.2) is 0 Å². The van der Waals surface area contributed by atoms with Gasteiger partial charge >= 0.3 is 6.09 Å². The largest absolute Gasteiger partial charge is 0.453 e. The van der Waals surface area contributed by atoms with Crippen molar-refractivity contribution in [2.24, 2.45) is 0 Å². The Morgan fingerprint density at radius 3 is 2.35 bits per heavy atom. The fraction of sp³-hybridized carbons (Fsp3) is 0.833. The van der Waals surface area contributed by atoms with E-state index in [2.05, 4.69) is 10.1 Å². The van der Waals surface area contributed by atoms with Gasteiger partial charge in [-0.2, -0.15) is 0 Å². The van der Waals surface area contributed by atoms with Crippen LogP contribution in [0, 0.1) is 0 Å². The van der Waals surface area contributed by atoms with Gasteiger partial charge in [0, 0.05) is 6.42 Å². The molecular weight excluding hydrogens is 222 g/mol. The average Bonchev–Trinajstić information content (AvgIpc) is 2.23.